The van der Waals surface area contributed by atoms with Gasteiger partial charge in [0, 0.05) is 23.7 Å². The minimum absolute atomic E-state index is 0.0425. The van der Waals surface area contributed by atoms with E-state index in [0.29, 0.717) is 18.0 Å². The Labute approximate surface area is 94.9 Å². The molecule has 16 heavy (non-hydrogen) atoms. The second kappa shape index (κ2) is 4.13. The summed E-state index contributed by atoms with van der Waals surface area (Å²) in [4.78, 5) is 0. The summed E-state index contributed by atoms with van der Waals surface area (Å²) in [7, 11) is 0. The molecule has 0 bridgehead atoms. The van der Waals surface area contributed by atoms with Crippen LogP contribution in [0.2, 0.25) is 0 Å². The number of halogens is 2. The Morgan fingerprint density at radius 3 is 2.56 bits per heavy atom. The lowest BCUT2D eigenvalue weighted by Gasteiger charge is -2.26. The van der Waals surface area contributed by atoms with Gasteiger partial charge in [-0.2, -0.15) is 0 Å². The normalized spacial score (nSPS) is 16.5. The van der Waals surface area contributed by atoms with E-state index in [4.69, 9.17) is 0 Å². The molecule has 1 aromatic rings. The van der Waals surface area contributed by atoms with Crippen LogP contribution in [0.25, 0.3) is 0 Å². The van der Waals surface area contributed by atoms with Crippen LogP contribution in [0.4, 0.5) is 8.78 Å². The third-order valence-electron chi connectivity index (χ3n) is 3.35. The van der Waals surface area contributed by atoms with Crippen LogP contribution in [-0.4, -0.2) is 5.54 Å². The first-order chi connectivity index (χ1) is 7.49. The Balaban J connectivity index is 1.98. The fraction of sp³-hybridized carbons (Fsp3) is 0.538. The molecule has 2 rings (SSSR count). The summed E-state index contributed by atoms with van der Waals surface area (Å²) in [6, 6.07) is 3.73. The monoisotopic (exact) mass is 225 g/mol. The number of nitrogens with one attached hydrogen (secondary N) is 1. The lowest BCUT2D eigenvalue weighted by Crippen LogP contribution is -2.40. The van der Waals surface area contributed by atoms with Crippen LogP contribution in [0, 0.1) is 17.6 Å². The van der Waals surface area contributed by atoms with Gasteiger partial charge < -0.3 is 5.32 Å². The Morgan fingerprint density at radius 1 is 1.31 bits per heavy atom. The number of hydrogen-bond donors (Lipinski definition) is 1. The maximum atomic E-state index is 13.4. The van der Waals surface area contributed by atoms with Gasteiger partial charge in [0.1, 0.15) is 11.6 Å². The van der Waals surface area contributed by atoms with Crippen LogP contribution in [0.1, 0.15) is 32.3 Å². The van der Waals surface area contributed by atoms with Crippen molar-refractivity contribution in [2.45, 2.75) is 38.8 Å². The molecular formula is C13H17F2N. The minimum Gasteiger partial charge on any atom is -0.307 e. The van der Waals surface area contributed by atoms with Crippen LogP contribution in [-0.2, 0) is 6.54 Å². The van der Waals surface area contributed by atoms with Crippen molar-refractivity contribution in [1.29, 1.82) is 0 Å². The molecule has 3 heteroatoms. The third kappa shape index (κ3) is 2.59. The van der Waals surface area contributed by atoms with Crippen LogP contribution in [0.15, 0.2) is 18.2 Å². The van der Waals surface area contributed by atoms with Gasteiger partial charge in [-0.15, -0.1) is 0 Å². The van der Waals surface area contributed by atoms with E-state index in [0.717, 1.165) is 6.07 Å². The molecule has 1 aliphatic rings. The first kappa shape index (κ1) is 11.5. The van der Waals surface area contributed by atoms with E-state index in [9.17, 15) is 8.78 Å². The first-order valence-corrected chi connectivity index (χ1v) is 5.68. The zero-order valence-electron chi connectivity index (χ0n) is 9.69. The van der Waals surface area contributed by atoms with E-state index >= 15 is 0 Å². The van der Waals surface area contributed by atoms with Gasteiger partial charge in [0.2, 0.25) is 0 Å². The van der Waals surface area contributed by atoms with Gasteiger partial charge in [-0.1, -0.05) is 6.07 Å². The van der Waals surface area contributed by atoms with Gasteiger partial charge in [0.25, 0.3) is 0 Å². The fourth-order valence-corrected chi connectivity index (χ4v) is 1.94. The Hall–Kier alpha value is -0.960. The van der Waals surface area contributed by atoms with Crippen molar-refractivity contribution < 1.29 is 8.78 Å². The van der Waals surface area contributed by atoms with E-state index < -0.39 is 11.6 Å². The van der Waals surface area contributed by atoms with Crippen LogP contribution in [0.3, 0.4) is 0 Å². The van der Waals surface area contributed by atoms with Gasteiger partial charge in [-0.05, 0) is 38.7 Å². The molecule has 1 N–H and O–H groups in total. The minimum atomic E-state index is -0.525. The van der Waals surface area contributed by atoms with Crippen molar-refractivity contribution in [3.05, 3.63) is 35.4 Å². The topological polar surface area (TPSA) is 12.0 Å². The molecule has 0 heterocycles. The summed E-state index contributed by atoms with van der Waals surface area (Å²) in [5, 5.41) is 3.34. The molecule has 0 aliphatic heterocycles. The highest BCUT2D eigenvalue weighted by atomic mass is 19.1. The molecule has 1 saturated carbocycles. The predicted octanol–water partition coefficient (Wildman–Crippen LogP) is 3.24. The molecule has 0 atom stereocenters. The molecule has 0 unspecified atom stereocenters. The molecule has 1 fully saturated rings. The van der Waals surface area contributed by atoms with E-state index in [2.05, 4.69) is 19.2 Å². The van der Waals surface area contributed by atoms with Gasteiger partial charge >= 0.3 is 0 Å². The van der Waals surface area contributed by atoms with Gasteiger partial charge in [0.05, 0.1) is 0 Å². The standard InChI is InChI=1S/C13H17F2N/c1-13(2,10-4-5-10)16-8-9-3-6-11(14)7-12(9)15/h3,6-7,10,16H,4-5,8H2,1-2H3. The summed E-state index contributed by atoms with van der Waals surface area (Å²) in [5.41, 5.74) is 0.566. The molecule has 0 spiro atoms. The maximum absolute atomic E-state index is 13.4. The summed E-state index contributed by atoms with van der Waals surface area (Å²) in [6.45, 7) is 4.72. The molecule has 0 amide bonds. The quantitative estimate of drug-likeness (QED) is 0.829. The van der Waals surface area contributed by atoms with E-state index in [-0.39, 0.29) is 5.54 Å². The lowest BCUT2D eigenvalue weighted by atomic mass is 9.98. The summed E-state index contributed by atoms with van der Waals surface area (Å²) in [5.74, 6) is -0.308. The maximum Gasteiger partial charge on any atom is 0.130 e. The van der Waals surface area contributed by atoms with Gasteiger partial charge in [-0.25, -0.2) is 8.78 Å². The largest absolute Gasteiger partial charge is 0.307 e. The molecule has 1 aromatic carbocycles. The smallest absolute Gasteiger partial charge is 0.130 e. The molecule has 1 nitrogen and oxygen atoms in total. The van der Waals surface area contributed by atoms with E-state index in [1.54, 1.807) is 0 Å². The zero-order valence-corrected chi connectivity index (χ0v) is 9.69. The van der Waals surface area contributed by atoms with Crippen molar-refractivity contribution in [2.24, 2.45) is 5.92 Å². The van der Waals surface area contributed by atoms with Crippen molar-refractivity contribution in [2.75, 3.05) is 0 Å². The molecule has 88 valence electrons. The van der Waals surface area contributed by atoms with Crippen molar-refractivity contribution in [3.8, 4) is 0 Å². The molecule has 0 radical (unpaired) electrons. The average Bonchev–Trinajstić information content (AvgIpc) is 2.99. The Kier molecular flexibility index (Phi) is 2.98. The molecule has 0 saturated heterocycles. The highest BCUT2D eigenvalue weighted by Crippen LogP contribution is 2.39. The third-order valence-corrected chi connectivity index (χ3v) is 3.35. The second-order valence-electron chi connectivity index (χ2n) is 5.09. The number of benzene rings is 1. The van der Waals surface area contributed by atoms with E-state index in [1.165, 1.54) is 25.0 Å². The number of rotatable bonds is 4. The molecular weight excluding hydrogens is 208 g/mol. The first-order valence-electron chi connectivity index (χ1n) is 5.68. The summed E-state index contributed by atoms with van der Waals surface area (Å²) in [6.07, 6.45) is 2.48. The fourth-order valence-electron chi connectivity index (χ4n) is 1.94. The Morgan fingerprint density at radius 2 is 2.00 bits per heavy atom. The second-order valence-corrected chi connectivity index (χ2v) is 5.09. The van der Waals surface area contributed by atoms with Crippen molar-refractivity contribution in [3.63, 3.8) is 0 Å². The lowest BCUT2D eigenvalue weighted by molar-refractivity contribution is 0.336. The van der Waals surface area contributed by atoms with Crippen LogP contribution < -0.4 is 5.32 Å². The van der Waals surface area contributed by atoms with Gasteiger partial charge in [-0.3, -0.25) is 0 Å². The van der Waals surface area contributed by atoms with Crippen molar-refractivity contribution in [1.82, 2.24) is 5.32 Å². The molecule has 0 aromatic heterocycles. The summed E-state index contributed by atoms with van der Waals surface area (Å²) < 4.78 is 26.1. The summed E-state index contributed by atoms with van der Waals surface area (Å²) >= 11 is 0. The highest BCUT2D eigenvalue weighted by molar-refractivity contribution is 5.18. The SMILES string of the molecule is CC(C)(NCc1ccc(F)cc1F)C1CC1. The van der Waals surface area contributed by atoms with Gasteiger partial charge in [0.15, 0.2) is 0 Å². The van der Waals surface area contributed by atoms with Crippen LogP contribution in [0.5, 0.6) is 0 Å². The highest BCUT2D eigenvalue weighted by Gasteiger charge is 2.37. The van der Waals surface area contributed by atoms with Crippen molar-refractivity contribution >= 4 is 0 Å². The van der Waals surface area contributed by atoms with E-state index in [1.807, 2.05) is 0 Å². The zero-order chi connectivity index (χ0) is 11.8. The number of hydrogen-bond acceptors (Lipinski definition) is 1. The predicted molar refractivity (Wildman–Crippen MR) is 60.0 cm³/mol. The molecule has 1 aliphatic carbocycles. The Bertz CT molecular complexity index is 384. The average molecular weight is 225 g/mol. The van der Waals surface area contributed by atoms with Crippen LogP contribution >= 0.6 is 0 Å².